The molecule has 1 aliphatic heterocycles. The van der Waals surface area contributed by atoms with E-state index in [2.05, 4.69) is 20.2 Å². The molecule has 1 aromatic carbocycles. The Hall–Kier alpha value is -2.25. The lowest BCUT2D eigenvalue weighted by molar-refractivity contribution is 0.122. The van der Waals surface area contributed by atoms with E-state index in [1.165, 1.54) is 6.33 Å². The number of rotatable bonds is 4. The second kappa shape index (κ2) is 6.89. The Labute approximate surface area is 139 Å². The fraction of sp³-hybridized carbons (Fsp3) is 0.333. The van der Waals surface area contributed by atoms with Crippen LogP contribution in [0, 0.1) is 0 Å². The van der Waals surface area contributed by atoms with Crippen LogP contribution in [0.1, 0.15) is 0 Å². The van der Waals surface area contributed by atoms with Gasteiger partial charge in [0.05, 0.1) is 26.0 Å². The number of halogens is 1. The highest BCUT2D eigenvalue weighted by molar-refractivity contribution is 6.31. The molecule has 1 aromatic heterocycles. The minimum atomic E-state index is 0.483. The standard InChI is InChI=1S/C15H18ClN5O2/c1-22-12-3-2-10(16)8-11(12)20-14-13(17)15(19-9-18-14)21-4-6-23-7-5-21/h2-3,8-9H,4-7,17H2,1H3,(H,18,19,20). The number of hydrogen-bond donors (Lipinski definition) is 2. The molecule has 0 atom stereocenters. The summed E-state index contributed by atoms with van der Waals surface area (Å²) in [7, 11) is 1.59. The molecule has 3 N–H and O–H groups in total. The van der Waals surface area contributed by atoms with Crippen molar-refractivity contribution in [2.24, 2.45) is 0 Å². The quantitative estimate of drug-likeness (QED) is 0.886. The lowest BCUT2D eigenvalue weighted by atomic mass is 10.2. The maximum absolute atomic E-state index is 6.25. The van der Waals surface area contributed by atoms with E-state index in [1.54, 1.807) is 25.3 Å². The second-order valence-corrected chi connectivity index (χ2v) is 5.47. The van der Waals surface area contributed by atoms with Crippen molar-refractivity contribution in [3.8, 4) is 5.75 Å². The van der Waals surface area contributed by atoms with Crippen molar-refractivity contribution in [1.82, 2.24) is 9.97 Å². The number of ether oxygens (including phenoxy) is 2. The van der Waals surface area contributed by atoms with Crippen molar-refractivity contribution < 1.29 is 9.47 Å². The first-order valence-corrected chi connectivity index (χ1v) is 7.60. The van der Waals surface area contributed by atoms with Crippen LogP contribution in [0.2, 0.25) is 5.02 Å². The van der Waals surface area contributed by atoms with Gasteiger partial charge >= 0.3 is 0 Å². The van der Waals surface area contributed by atoms with Gasteiger partial charge in [-0.1, -0.05) is 11.6 Å². The highest BCUT2D eigenvalue weighted by atomic mass is 35.5. The Morgan fingerprint density at radius 1 is 1.30 bits per heavy atom. The largest absolute Gasteiger partial charge is 0.495 e. The number of nitrogens with zero attached hydrogens (tertiary/aromatic N) is 3. The van der Waals surface area contributed by atoms with Crippen molar-refractivity contribution in [3.05, 3.63) is 29.5 Å². The summed E-state index contributed by atoms with van der Waals surface area (Å²) in [4.78, 5) is 10.6. The van der Waals surface area contributed by atoms with Gasteiger partial charge in [0.25, 0.3) is 0 Å². The topological polar surface area (TPSA) is 85.5 Å². The number of methoxy groups -OCH3 is 1. The number of benzene rings is 1. The number of nitrogens with two attached hydrogens (primary N) is 1. The van der Waals surface area contributed by atoms with Gasteiger partial charge in [-0.2, -0.15) is 0 Å². The van der Waals surface area contributed by atoms with Gasteiger partial charge in [-0.25, -0.2) is 9.97 Å². The first-order valence-electron chi connectivity index (χ1n) is 7.23. The van der Waals surface area contributed by atoms with E-state index in [0.29, 0.717) is 47.0 Å². The molecule has 0 aliphatic carbocycles. The molecule has 2 aromatic rings. The predicted molar refractivity (Wildman–Crippen MR) is 90.8 cm³/mol. The fourth-order valence-corrected chi connectivity index (χ4v) is 2.59. The summed E-state index contributed by atoms with van der Waals surface area (Å²) in [5.74, 6) is 1.87. The predicted octanol–water partition coefficient (Wildman–Crippen LogP) is 2.30. The molecule has 122 valence electrons. The first-order chi connectivity index (χ1) is 11.2. The zero-order valence-electron chi connectivity index (χ0n) is 12.8. The van der Waals surface area contributed by atoms with Crippen LogP contribution in [0.4, 0.5) is 23.0 Å². The lowest BCUT2D eigenvalue weighted by Gasteiger charge is -2.29. The number of morpholine rings is 1. The number of aromatic nitrogens is 2. The Bertz CT molecular complexity index is 692. The fourth-order valence-electron chi connectivity index (χ4n) is 2.42. The van der Waals surface area contributed by atoms with Crippen LogP contribution >= 0.6 is 11.6 Å². The van der Waals surface area contributed by atoms with Crippen LogP contribution in [0.15, 0.2) is 24.5 Å². The van der Waals surface area contributed by atoms with Gasteiger partial charge in [0.1, 0.15) is 17.8 Å². The normalized spacial score (nSPS) is 14.6. The third-order valence-electron chi connectivity index (χ3n) is 3.59. The first kappa shape index (κ1) is 15.6. The summed E-state index contributed by atoms with van der Waals surface area (Å²) in [5.41, 5.74) is 7.42. The molecule has 23 heavy (non-hydrogen) atoms. The van der Waals surface area contributed by atoms with Gasteiger partial charge < -0.3 is 25.4 Å². The average molecular weight is 336 g/mol. The molecule has 0 spiro atoms. The van der Waals surface area contributed by atoms with Crippen LogP contribution in [0.3, 0.4) is 0 Å². The zero-order chi connectivity index (χ0) is 16.2. The van der Waals surface area contributed by atoms with Crippen molar-refractivity contribution in [2.75, 3.05) is 49.4 Å². The van der Waals surface area contributed by atoms with Gasteiger partial charge in [-0.05, 0) is 18.2 Å². The molecule has 0 amide bonds. The van der Waals surface area contributed by atoms with Gasteiger partial charge in [0, 0.05) is 18.1 Å². The zero-order valence-corrected chi connectivity index (χ0v) is 13.5. The molecule has 0 bridgehead atoms. The molecule has 2 heterocycles. The highest BCUT2D eigenvalue weighted by Crippen LogP contribution is 2.34. The number of hydrogen-bond acceptors (Lipinski definition) is 7. The Morgan fingerprint density at radius 3 is 2.83 bits per heavy atom. The van der Waals surface area contributed by atoms with Crippen molar-refractivity contribution in [1.29, 1.82) is 0 Å². The molecule has 0 saturated carbocycles. The molecular weight excluding hydrogens is 318 g/mol. The number of nitrogen functional groups attached to an aromatic ring is 1. The summed E-state index contributed by atoms with van der Waals surface area (Å²) in [6.07, 6.45) is 1.49. The molecule has 0 unspecified atom stereocenters. The Morgan fingerprint density at radius 2 is 2.09 bits per heavy atom. The average Bonchev–Trinajstić information content (AvgIpc) is 2.58. The molecule has 1 fully saturated rings. The summed E-state index contributed by atoms with van der Waals surface area (Å²) in [5, 5.41) is 3.76. The Kier molecular flexibility index (Phi) is 4.68. The number of anilines is 4. The smallest absolute Gasteiger partial charge is 0.159 e. The van der Waals surface area contributed by atoms with E-state index in [9.17, 15) is 0 Å². The van der Waals surface area contributed by atoms with Crippen LogP contribution < -0.4 is 20.7 Å². The minimum absolute atomic E-state index is 0.483. The molecule has 8 heteroatoms. The molecule has 0 radical (unpaired) electrons. The van der Waals surface area contributed by atoms with Crippen LogP contribution in [0.5, 0.6) is 5.75 Å². The molecule has 3 rings (SSSR count). The van der Waals surface area contributed by atoms with E-state index in [0.717, 1.165) is 13.1 Å². The molecule has 1 aliphatic rings. The van der Waals surface area contributed by atoms with E-state index in [4.69, 9.17) is 26.8 Å². The molecular formula is C15H18ClN5O2. The number of nitrogens with one attached hydrogen (secondary N) is 1. The second-order valence-electron chi connectivity index (χ2n) is 5.03. The van der Waals surface area contributed by atoms with Gasteiger partial charge in [-0.15, -0.1) is 0 Å². The lowest BCUT2D eigenvalue weighted by Crippen LogP contribution is -2.37. The van der Waals surface area contributed by atoms with E-state index >= 15 is 0 Å². The van der Waals surface area contributed by atoms with Gasteiger partial charge in [0.15, 0.2) is 11.6 Å². The van der Waals surface area contributed by atoms with Gasteiger partial charge in [-0.3, -0.25) is 0 Å². The summed E-state index contributed by atoms with van der Waals surface area (Å²) in [6.45, 7) is 2.82. The van der Waals surface area contributed by atoms with E-state index in [-0.39, 0.29) is 0 Å². The monoisotopic (exact) mass is 335 g/mol. The van der Waals surface area contributed by atoms with Crippen LogP contribution in [-0.4, -0.2) is 43.4 Å². The summed E-state index contributed by atoms with van der Waals surface area (Å²) < 4.78 is 10.7. The maximum atomic E-state index is 6.25. The highest BCUT2D eigenvalue weighted by Gasteiger charge is 2.18. The third-order valence-corrected chi connectivity index (χ3v) is 3.82. The summed E-state index contributed by atoms with van der Waals surface area (Å²) in [6, 6.07) is 5.30. The summed E-state index contributed by atoms with van der Waals surface area (Å²) >= 11 is 6.05. The van der Waals surface area contributed by atoms with Crippen LogP contribution in [0.25, 0.3) is 0 Å². The maximum Gasteiger partial charge on any atom is 0.159 e. The van der Waals surface area contributed by atoms with Crippen molar-refractivity contribution in [2.45, 2.75) is 0 Å². The van der Waals surface area contributed by atoms with E-state index in [1.807, 2.05) is 0 Å². The van der Waals surface area contributed by atoms with Crippen molar-refractivity contribution >= 4 is 34.6 Å². The van der Waals surface area contributed by atoms with Crippen LogP contribution in [-0.2, 0) is 4.74 Å². The molecule has 1 saturated heterocycles. The molecule has 7 nitrogen and oxygen atoms in total. The SMILES string of the molecule is COc1ccc(Cl)cc1Nc1ncnc(N2CCOCC2)c1N. The minimum Gasteiger partial charge on any atom is -0.495 e. The van der Waals surface area contributed by atoms with Crippen molar-refractivity contribution in [3.63, 3.8) is 0 Å². The van der Waals surface area contributed by atoms with E-state index < -0.39 is 0 Å². The van der Waals surface area contributed by atoms with Gasteiger partial charge in [0.2, 0.25) is 0 Å². The Balaban J connectivity index is 1.90. The third kappa shape index (κ3) is 3.40.